The van der Waals surface area contributed by atoms with E-state index in [2.05, 4.69) is 6.92 Å². The summed E-state index contributed by atoms with van der Waals surface area (Å²) in [6, 6.07) is 0. The summed E-state index contributed by atoms with van der Waals surface area (Å²) in [6.07, 6.45) is 13.8. The Morgan fingerprint density at radius 2 is 1.69 bits per heavy atom. The second kappa shape index (κ2) is 4.30. The van der Waals surface area contributed by atoms with Gasteiger partial charge in [-0.2, -0.15) is 0 Å². The van der Waals surface area contributed by atoms with Crippen molar-refractivity contribution < 1.29 is 1.37 Å². The lowest BCUT2D eigenvalue weighted by molar-refractivity contribution is 0.507. The van der Waals surface area contributed by atoms with Gasteiger partial charge in [0.15, 0.2) is 0 Å². The van der Waals surface area contributed by atoms with E-state index >= 15 is 0 Å². The Labute approximate surface area is 85.2 Å². The molecule has 0 N–H and O–H groups in total. The quantitative estimate of drug-likeness (QED) is 0.587. The standard InChI is InChI=1S/C12H24P/c1-2-13(12-8-7-9-12)10-5-3-4-6-11-13/h12H,2-11H2,1H3/q+1/i12D. The Hall–Kier alpha value is 0.430. The Morgan fingerprint density at radius 3 is 2.08 bits per heavy atom. The van der Waals surface area contributed by atoms with Gasteiger partial charge in [-0.05, 0) is 51.9 Å². The molecule has 2 rings (SSSR count). The molecule has 1 aliphatic heterocycles. The van der Waals surface area contributed by atoms with E-state index in [0.717, 1.165) is 0 Å². The molecular formula is C12H24P+. The second-order valence-electron chi connectivity index (χ2n) is 4.74. The van der Waals surface area contributed by atoms with Crippen molar-refractivity contribution in [2.45, 2.75) is 57.5 Å². The highest BCUT2D eigenvalue weighted by Gasteiger charge is 2.46. The summed E-state index contributed by atoms with van der Waals surface area (Å²) in [5.41, 5.74) is 0.0894. The van der Waals surface area contributed by atoms with Gasteiger partial charge in [0.05, 0.1) is 25.5 Å². The predicted molar refractivity (Wildman–Crippen MR) is 63.3 cm³/mol. The summed E-state index contributed by atoms with van der Waals surface area (Å²) >= 11 is 0. The van der Waals surface area contributed by atoms with E-state index in [0.29, 0.717) is 0 Å². The predicted octanol–water partition coefficient (Wildman–Crippen LogP) is 4.15. The van der Waals surface area contributed by atoms with E-state index in [4.69, 9.17) is 1.37 Å². The summed E-state index contributed by atoms with van der Waals surface area (Å²) in [4.78, 5) is 0. The minimum Gasteiger partial charge on any atom is -0.0497 e. The minimum atomic E-state index is -0.864. The van der Waals surface area contributed by atoms with E-state index in [1.165, 1.54) is 63.4 Å². The van der Waals surface area contributed by atoms with E-state index in [9.17, 15) is 0 Å². The molecule has 13 heavy (non-hydrogen) atoms. The van der Waals surface area contributed by atoms with Crippen molar-refractivity contribution in [3.05, 3.63) is 0 Å². The Balaban J connectivity index is 2.13. The molecule has 0 radical (unpaired) electrons. The van der Waals surface area contributed by atoms with E-state index in [1.807, 2.05) is 0 Å². The van der Waals surface area contributed by atoms with Gasteiger partial charge in [0, 0.05) is 7.26 Å². The maximum Gasteiger partial charge on any atom is 0.0745 e. The first-order valence-corrected chi connectivity index (χ1v) is 8.43. The van der Waals surface area contributed by atoms with Crippen LogP contribution in [-0.4, -0.2) is 24.1 Å². The van der Waals surface area contributed by atoms with Crippen LogP contribution >= 0.6 is 7.26 Å². The highest BCUT2D eigenvalue weighted by molar-refractivity contribution is 7.76. The molecule has 0 bridgehead atoms. The first-order chi connectivity index (χ1) is 6.72. The van der Waals surface area contributed by atoms with Gasteiger partial charge in [0.2, 0.25) is 0 Å². The van der Waals surface area contributed by atoms with Crippen molar-refractivity contribution in [2.75, 3.05) is 18.5 Å². The highest BCUT2D eigenvalue weighted by atomic mass is 31.2. The van der Waals surface area contributed by atoms with Gasteiger partial charge in [-0.25, -0.2) is 0 Å². The van der Waals surface area contributed by atoms with Crippen LogP contribution in [0.5, 0.6) is 0 Å². The van der Waals surface area contributed by atoms with Crippen molar-refractivity contribution in [3.8, 4) is 0 Å². The lowest BCUT2D eigenvalue weighted by Crippen LogP contribution is -2.26. The second-order valence-corrected chi connectivity index (χ2v) is 9.19. The van der Waals surface area contributed by atoms with Crippen molar-refractivity contribution in [1.29, 1.82) is 0 Å². The zero-order chi connectivity index (χ0) is 10.1. The number of hydrogen-bond donors (Lipinski definition) is 0. The van der Waals surface area contributed by atoms with Gasteiger partial charge in [0.1, 0.15) is 0 Å². The monoisotopic (exact) mass is 200 g/mol. The first kappa shape index (κ1) is 8.72. The Morgan fingerprint density at radius 1 is 1.08 bits per heavy atom. The van der Waals surface area contributed by atoms with Crippen LogP contribution in [0.3, 0.4) is 0 Å². The molecule has 0 aromatic carbocycles. The Kier molecular flexibility index (Phi) is 2.88. The first-order valence-electron chi connectivity index (χ1n) is 6.59. The molecule has 2 fully saturated rings. The van der Waals surface area contributed by atoms with Crippen LogP contribution in [0.4, 0.5) is 0 Å². The zero-order valence-corrected chi connectivity index (χ0v) is 9.91. The maximum atomic E-state index is 8.65. The molecule has 0 spiro atoms. The van der Waals surface area contributed by atoms with Crippen molar-refractivity contribution in [2.24, 2.45) is 0 Å². The molecule has 0 atom stereocenters. The third-order valence-corrected chi connectivity index (χ3v) is 9.47. The molecule has 1 saturated heterocycles. The summed E-state index contributed by atoms with van der Waals surface area (Å²) in [6.45, 7) is 2.37. The van der Waals surface area contributed by atoms with E-state index in [-0.39, 0.29) is 5.64 Å². The van der Waals surface area contributed by atoms with Crippen LogP contribution in [0, 0.1) is 0 Å². The summed E-state index contributed by atoms with van der Waals surface area (Å²) in [5.74, 6) is 0. The summed E-state index contributed by atoms with van der Waals surface area (Å²) in [7, 11) is -0.864. The number of hydrogen-bond acceptors (Lipinski definition) is 0. The van der Waals surface area contributed by atoms with Gasteiger partial charge >= 0.3 is 0 Å². The fraction of sp³-hybridized carbons (Fsp3) is 1.00. The largest absolute Gasteiger partial charge is 0.0745 e. The molecule has 1 heterocycles. The average Bonchev–Trinajstić information content (AvgIpc) is 2.40. The van der Waals surface area contributed by atoms with E-state index in [1.54, 1.807) is 0 Å². The molecule has 0 aromatic heterocycles. The lowest BCUT2D eigenvalue weighted by Gasteiger charge is -2.38. The van der Waals surface area contributed by atoms with Gasteiger partial charge in [-0.1, -0.05) is 0 Å². The molecule has 2 aliphatic rings. The molecule has 0 aromatic rings. The van der Waals surface area contributed by atoms with Crippen LogP contribution in [0.1, 0.15) is 53.2 Å². The van der Waals surface area contributed by atoms with Crippen molar-refractivity contribution in [1.82, 2.24) is 0 Å². The molecule has 76 valence electrons. The zero-order valence-electron chi connectivity index (χ0n) is 10.0. The third-order valence-electron chi connectivity index (χ3n) is 4.13. The van der Waals surface area contributed by atoms with Gasteiger partial charge in [0.25, 0.3) is 0 Å². The van der Waals surface area contributed by atoms with Crippen LogP contribution in [0.25, 0.3) is 0 Å². The SMILES string of the molecule is [2H]C1([P+]2(CC)CCCCCC2)CCC1. The fourth-order valence-corrected chi connectivity index (χ4v) is 7.82. The van der Waals surface area contributed by atoms with Crippen molar-refractivity contribution >= 4 is 7.26 Å². The van der Waals surface area contributed by atoms with Gasteiger partial charge in [-0.15, -0.1) is 0 Å². The number of rotatable bonds is 2. The molecule has 0 nitrogen and oxygen atoms in total. The lowest BCUT2D eigenvalue weighted by atomic mass is 10.00. The molecule has 0 amide bonds. The summed E-state index contributed by atoms with van der Waals surface area (Å²) < 4.78 is 8.65. The normalized spacial score (nSPS) is 32.8. The molecule has 1 aliphatic carbocycles. The summed E-state index contributed by atoms with van der Waals surface area (Å²) in [5, 5.41) is 0. The molecule has 1 heteroatoms. The van der Waals surface area contributed by atoms with Crippen LogP contribution in [0.2, 0.25) is 0 Å². The minimum absolute atomic E-state index is 0.0894. The topological polar surface area (TPSA) is 0 Å². The van der Waals surface area contributed by atoms with Crippen LogP contribution < -0.4 is 0 Å². The highest BCUT2D eigenvalue weighted by Crippen LogP contribution is 2.69. The van der Waals surface area contributed by atoms with E-state index < -0.39 is 7.26 Å². The smallest absolute Gasteiger partial charge is 0.0497 e. The maximum absolute atomic E-state index is 8.65. The van der Waals surface area contributed by atoms with Gasteiger partial charge in [-0.3, -0.25) is 0 Å². The fourth-order valence-electron chi connectivity index (χ4n) is 2.96. The van der Waals surface area contributed by atoms with Crippen LogP contribution in [-0.2, 0) is 0 Å². The average molecular weight is 200 g/mol. The molecule has 0 unspecified atom stereocenters. The molecule has 1 saturated carbocycles. The Bertz CT molecular complexity index is 190. The van der Waals surface area contributed by atoms with Gasteiger partial charge < -0.3 is 0 Å². The van der Waals surface area contributed by atoms with Crippen molar-refractivity contribution in [3.63, 3.8) is 0 Å². The third kappa shape index (κ3) is 1.94. The van der Waals surface area contributed by atoms with Crippen LogP contribution in [0.15, 0.2) is 0 Å². The molecular weight excluding hydrogens is 175 g/mol.